The van der Waals surface area contributed by atoms with E-state index in [0.29, 0.717) is 0 Å². The summed E-state index contributed by atoms with van der Waals surface area (Å²) in [5.74, 6) is 0.767. The van der Waals surface area contributed by atoms with Gasteiger partial charge in [-0.3, -0.25) is 0 Å². The van der Waals surface area contributed by atoms with Crippen LogP contribution in [-0.2, 0) is 0 Å². The zero-order chi connectivity index (χ0) is 20.1. The van der Waals surface area contributed by atoms with Gasteiger partial charge >= 0.3 is 0 Å². The van der Waals surface area contributed by atoms with Crippen molar-refractivity contribution in [2.24, 2.45) is 5.92 Å². The molecule has 2 aromatic rings. The quantitative estimate of drug-likeness (QED) is 0.483. The van der Waals surface area contributed by atoms with Crippen molar-refractivity contribution < 1.29 is 0 Å². The van der Waals surface area contributed by atoms with Crippen LogP contribution in [0.3, 0.4) is 0 Å². The molecule has 0 aliphatic heterocycles. The number of benzene rings is 2. The van der Waals surface area contributed by atoms with Gasteiger partial charge in [-0.1, -0.05) is 109 Å². The molecule has 0 fully saturated rings. The Bertz CT molecular complexity index is 732. The average molecular weight is 359 g/mol. The SMILES string of the molecule is C=C(C)[C@H]1CC=C(C)CC1.C=C(C)c1ccccc1.C=Cc1ccccc1. The lowest BCUT2D eigenvalue weighted by Crippen LogP contribution is -2.04. The van der Waals surface area contributed by atoms with Crippen LogP contribution in [0.2, 0.25) is 0 Å². The molecule has 0 radical (unpaired) electrons. The van der Waals surface area contributed by atoms with Crippen LogP contribution in [0.1, 0.15) is 51.2 Å². The summed E-state index contributed by atoms with van der Waals surface area (Å²) in [6.45, 7) is 17.8. The van der Waals surface area contributed by atoms with Gasteiger partial charge in [-0.25, -0.2) is 0 Å². The van der Waals surface area contributed by atoms with Crippen LogP contribution in [0.25, 0.3) is 11.6 Å². The standard InChI is InChI=1S/C10H16.C9H10.C8H8/c1-8(2)10-6-4-9(3)5-7-10;1-8(2)9-6-4-3-5-7-9;1-2-8-6-4-3-5-7-8/h4,10H,1,5-7H2,2-3H3;3-7H,1H2,2H3;2-7H,1H2/t10-;;/m0../s1. The summed E-state index contributed by atoms with van der Waals surface area (Å²) in [5.41, 5.74) is 6.42. The van der Waals surface area contributed by atoms with Crippen molar-refractivity contribution in [3.8, 4) is 0 Å². The number of allylic oxidation sites excluding steroid dienone is 4. The van der Waals surface area contributed by atoms with Gasteiger partial charge in [0.15, 0.2) is 0 Å². The third kappa shape index (κ3) is 9.61. The Kier molecular flexibility index (Phi) is 10.6. The van der Waals surface area contributed by atoms with E-state index in [2.05, 4.69) is 51.8 Å². The predicted octanol–water partition coefficient (Wildman–Crippen LogP) is 8.36. The maximum absolute atomic E-state index is 3.97. The van der Waals surface area contributed by atoms with E-state index in [-0.39, 0.29) is 0 Å². The lowest BCUT2D eigenvalue weighted by Gasteiger charge is -2.19. The molecule has 142 valence electrons. The molecule has 0 bridgehead atoms. The molecule has 0 heterocycles. The van der Waals surface area contributed by atoms with E-state index in [1.165, 1.54) is 36.0 Å². The molecule has 0 amide bonds. The van der Waals surface area contributed by atoms with Crippen molar-refractivity contribution in [3.05, 3.63) is 109 Å². The maximum atomic E-state index is 3.97. The van der Waals surface area contributed by atoms with Crippen LogP contribution in [0.15, 0.2) is 97.6 Å². The van der Waals surface area contributed by atoms with Gasteiger partial charge in [0, 0.05) is 0 Å². The van der Waals surface area contributed by atoms with E-state index in [9.17, 15) is 0 Å². The maximum Gasteiger partial charge on any atom is -0.0171 e. The zero-order valence-corrected chi connectivity index (χ0v) is 17.2. The summed E-state index contributed by atoms with van der Waals surface area (Å²) in [6.07, 6.45) is 8.00. The van der Waals surface area contributed by atoms with Crippen LogP contribution in [0, 0.1) is 5.92 Å². The summed E-state index contributed by atoms with van der Waals surface area (Å²) in [4.78, 5) is 0. The van der Waals surface area contributed by atoms with E-state index >= 15 is 0 Å². The van der Waals surface area contributed by atoms with Crippen LogP contribution in [-0.4, -0.2) is 0 Å². The first-order chi connectivity index (χ1) is 12.9. The summed E-state index contributed by atoms with van der Waals surface area (Å²) in [5, 5.41) is 0. The smallest absolute Gasteiger partial charge is 0.0171 e. The van der Waals surface area contributed by atoms with E-state index in [0.717, 1.165) is 11.5 Å². The van der Waals surface area contributed by atoms with E-state index in [1.807, 2.05) is 61.5 Å². The van der Waals surface area contributed by atoms with Gasteiger partial charge in [-0.2, -0.15) is 0 Å². The van der Waals surface area contributed by atoms with Crippen molar-refractivity contribution in [1.29, 1.82) is 0 Å². The van der Waals surface area contributed by atoms with E-state index < -0.39 is 0 Å². The second-order valence-electron chi connectivity index (χ2n) is 7.13. The molecule has 1 aliphatic carbocycles. The highest BCUT2D eigenvalue weighted by atomic mass is 14.2. The molecule has 0 aromatic heterocycles. The van der Waals surface area contributed by atoms with Crippen LogP contribution < -0.4 is 0 Å². The zero-order valence-electron chi connectivity index (χ0n) is 17.2. The number of rotatable bonds is 3. The molecule has 0 spiro atoms. The second-order valence-corrected chi connectivity index (χ2v) is 7.13. The van der Waals surface area contributed by atoms with Crippen molar-refractivity contribution in [3.63, 3.8) is 0 Å². The lowest BCUT2D eigenvalue weighted by molar-refractivity contribution is 0.540. The van der Waals surface area contributed by atoms with Crippen LogP contribution in [0.5, 0.6) is 0 Å². The summed E-state index contributed by atoms with van der Waals surface area (Å²) < 4.78 is 0. The second kappa shape index (κ2) is 12.7. The Morgan fingerprint density at radius 2 is 1.48 bits per heavy atom. The third-order valence-corrected chi connectivity index (χ3v) is 4.64. The summed E-state index contributed by atoms with van der Waals surface area (Å²) >= 11 is 0. The molecule has 27 heavy (non-hydrogen) atoms. The van der Waals surface area contributed by atoms with Crippen molar-refractivity contribution in [1.82, 2.24) is 0 Å². The molecule has 0 saturated heterocycles. The minimum atomic E-state index is 0.767. The van der Waals surface area contributed by atoms with Gasteiger partial charge in [0.25, 0.3) is 0 Å². The Morgan fingerprint density at radius 1 is 0.926 bits per heavy atom. The third-order valence-electron chi connectivity index (χ3n) is 4.64. The first-order valence-corrected chi connectivity index (χ1v) is 9.63. The van der Waals surface area contributed by atoms with Crippen molar-refractivity contribution in [2.45, 2.75) is 40.0 Å². The van der Waals surface area contributed by atoms with Gasteiger partial charge in [-0.05, 0) is 57.1 Å². The molecule has 0 heteroatoms. The molecule has 1 atom stereocenters. The fourth-order valence-electron chi connectivity index (χ4n) is 2.72. The van der Waals surface area contributed by atoms with Crippen LogP contribution in [0.4, 0.5) is 0 Å². The molecule has 1 aliphatic rings. The molecular weight excluding hydrogens is 324 g/mol. The Balaban J connectivity index is 0.000000204. The van der Waals surface area contributed by atoms with Gasteiger partial charge in [0.2, 0.25) is 0 Å². The average Bonchev–Trinajstić information content (AvgIpc) is 2.70. The molecule has 0 saturated carbocycles. The monoisotopic (exact) mass is 358 g/mol. The first kappa shape index (κ1) is 22.4. The minimum absolute atomic E-state index is 0.767. The normalized spacial score (nSPS) is 15.1. The van der Waals surface area contributed by atoms with Gasteiger partial charge in [0.05, 0.1) is 0 Å². The Labute approximate surface area is 166 Å². The first-order valence-electron chi connectivity index (χ1n) is 9.63. The van der Waals surface area contributed by atoms with Gasteiger partial charge < -0.3 is 0 Å². The molecule has 2 aromatic carbocycles. The fourth-order valence-corrected chi connectivity index (χ4v) is 2.72. The number of hydrogen-bond acceptors (Lipinski definition) is 0. The minimum Gasteiger partial charge on any atom is -0.0998 e. The highest BCUT2D eigenvalue weighted by Crippen LogP contribution is 2.27. The molecule has 0 nitrogen and oxygen atoms in total. The molecular formula is C27H34. The highest BCUT2D eigenvalue weighted by Gasteiger charge is 2.11. The summed E-state index contributed by atoms with van der Waals surface area (Å²) in [7, 11) is 0. The van der Waals surface area contributed by atoms with E-state index in [1.54, 1.807) is 5.57 Å². The lowest BCUT2D eigenvalue weighted by atomic mass is 9.86. The van der Waals surface area contributed by atoms with Gasteiger partial charge in [0.1, 0.15) is 0 Å². The Morgan fingerprint density at radius 3 is 1.81 bits per heavy atom. The highest BCUT2D eigenvalue weighted by molar-refractivity contribution is 5.60. The number of hydrogen-bond donors (Lipinski definition) is 0. The fraction of sp³-hybridized carbons (Fsp3) is 0.259. The predicted molar refractivity (Wildman–Crippen MR) is 124 cm³/mol. The van der Waals surface area contributed by atoms with Crippen molar-refractivity contribution in [2.75, 3.05) is 0 Å². The topological polar surface area (TPSA) is 0 Å². The van der Waals surface area contributed by atoms with Gasteiger partial charge in [-0.15, -0.1) is 0 Å². The largest absolute Gasteiger partial charge is 0.0998 e. The molecule has 0 N–H and O–H groups in total. The van der Waals surface area contributed by atoms with Crippen LogP contribution >= 0.6 is 0 Å². The summed E-state index contributed by atoms with van der Waals surface area (Å²) in [6, 6.07) is 20.2. The van der Waals surface area contributed by atoms with E-state index in [4.69, 9.17) is 0 Å². The Hall–Kier alpha value is -2.60. The van der Waals surface area contributed by atoms with Crippen molar-refractivity contribution >= 4 is 11.6 Å². The molecule has 3 rings (SSSR count). The molecule has 0 unspecified atom stereocenters.